The number of hydrogen-bond acceptors (Lipinski definition) is 5. The van der Waals surface area contributed by atoms with E-state index in [0.717, 1.165) is 30.6 Å². The molecule has 1 aromatic carbocycles. The molecule has 0 spiro atoms. The number of carbonyl (C=O) groups is 1. The van der Waals surface area contributed by atoms with Crippen molar-refractivity contribution in [1.82, 2.24) is 10.2 Å². The summed E-state index contributed by atoms with van der Waals surface area (Å²) < 4.78 is 6.36. The molecule has 32 heavy (non-hydrogen) atoms. The molecule has 1 aliphatic heterocycles. The summed E-state index contributed by atoms with van der Waals surface area (Å²) in [6.45, 7) is 11.0. The molecule has 3 rings (SSSR count). The van der Waals surface area contributed by atoms with Crippen LogP contribution >= 0.6 is 0 Å². The van der Waals surface area contributed by atoms with Gasteiger partial charge in [-0.3, -0.25) is 0 Å². The van der Waals surface area contributed by atoms with Crippen molar-refractivity contribution in [3.05, 3.63) is 52.3 Å². The average Bonchev–Trinajstić information content (AvgIpc) is 2.69. The Kier molecular flexibility index (Phi) is 7.23. The van der Waals surface area contributed by atoms with Crippen molar-refractivity contribution in [2.24, 2.45) is 0 Å². The Bertz CT molecular complexity index is 1030. The summed E-state index contributed by atoms with van der Waals surface area (Å²) >= 11 is 0. The van der Waals surface area contributed by atoms with E-state index in [-0.39, 0.29) is 17.4 Å². The molecular weight excluding hydrogens is 400 g/mol. The van der Waals surface area contributed by atoms with E-state index in [1.807, 2.05) is 0 Å². The molecule has 5 heteroatoms. The van der Waals surface area contributed by atoms with Crippen molar-refractivity contribution < 1.29 is 14.6 Å². The number of aromatic nitrogens is 2. The van der Waals surface area contributed by atoms with Crippen LogP contribution in [-0.4, -0.2) is 21.8 Å². The minimum Gasteiger partial charge on any atom is -0.550 e. The van der Waals surface area contributed by atoms with Gasteiger partial charge in [0.1, 0.15) is 17.0 Å². The minimum absolute atomic E-state index is 0.0133. The van der Waals surface area contributed by atoms with Gasteiger partial charge >= 0.3 is 0 Å². The first kappa shape index (κ1) is 23.8. The van der Waals surface area contributed by atoms with Crippen molar-refractivity contribution in [2.75, 3.05) is 0 Å². The van der Waals surface area contributed by atoms with Crippen LogP contribution in [0.4, 0.5) is 0 Å². The van der Waals surface area contributed by atoms with Crippen LogP contribution in [0.3, 0.4) is 0 Å². The number of aryl methyl sites for hydroxylation is 1. The van der Waals surface area contributed by atoms with Crippen LogP contribution in [0.2, 0.25) is 0 Å². The van der Waals surface area contributed by atoms with Gasteiger partial charge in [0.15, 0.2) is 0 Å². The molecule has 2 heterocycles. The number of hydrogen-bond donors (Lipinski definition) is 0. The summed E-state index contributed by atoms with van der Waals surface area (Å²) in [7, 11) is 0. The highest BCUT2D eigenvalue weighted by Crippen LogP contribution is 2.45. The SMILES string of the molecule is CCCCCCc1cc2c(cc1C#Cc1ccc(CC(=O)[O-])nn1)C(C)(C)CC(C)(C)O2. The lowest BCUT2D eigenvalue weighted by molar-refractivity contribution is -0.304. The molecule has 0 N–H and O–H groups in total. The number of ether oxygens (including phenoxy) is 1. The molecule has 170 valence electrons. The van der Waals surface area contributed by atoms with E-state index < -0.39 is 5.97 Å². The van der Waals surface area contributed by atoms with Crippen molar-refractivity contribution in [3.63, 3.8) is 0 Å². The molecule has 0 unspecified atom stereocenters. The van der Waals surface area contributed by atoms with Gasteiger partial charge in [-0.15, -0.1) is 5.10 Å². The monoisotopic (exact) mass is 433 g/mol. The van der Waals surface area contributed by atoms with Gasteiger partial charge in [-0.05, 0) is 74.3 Å². The molecule has 0 aliphatic carbocycles. The first-order valence-electron chi connectivity index (χ1n) is 11.5. The zero-order valence-corrected chi connectivity index (χ0v) is 19.9. The van der Waals surface area contributed by atoms with Crippen LogP contribution in [0.1, 0.15) is 94.8 Å². The van der Waals surface area contributed by atoms with Crippen molar-refractivity contribution in [3.8, 4) is 17.6 Å². The summed E-state index contributed by atoms with van der Waals surface area (Å²) in [5, 5.41) is 18.7. The third-order valence-corrected chi connectivity index (χ3v) is 5.86. The van der Waals surface area contributed by atoms with E-state index in [1.54, 1.807) is 12.1 Å². The van der Waals surface area contributed by atoms with Crippen LogP contribution in [0.25, 0.3) is 0 Å². The van der Waals surface area contributed by atoms with E-state index in [0.29, 0.717) is 11.4 Å². The van der Waals surface area contributed by atoms with Gasteiger partial charge in [0.25, 0.3) is 0 Å². The molecule has 0 saturated carbocycles. The Morgan fingerprint density at radius 1 is 1.09 bits per heavy atom. The van der Waals surface area contributed by atoms with Gasteiger partial charge in [0, 0.05) is 23.5 Å². The highest BCUT2D eigenvalue weighted by Gasteiger charge is 2.39. The van der Waals surface area contributed by atoms with Gasteiger partial charge < -0.3 is 14.6 Å². The third kappa shape index (κ3) is 6.09. The fourth-order valence-electron chi connectivity index (χ4n) is 4.59. The molecule has 0 amide bonds. The highest BCUT2D eigenvalue weighted by molar-refractivity contribution is 5.67. The summed E-state index contributed by atoms with van der Waals surface area (Å²) in [5.74, 6) is 6.20. The predicted molar refractivity (Wildman–Crippen MR) is 123 cm³/mol. The molecular formula is C27H33N2O3-. The van der Waals surface area contributed by atoms with Gasteiger partial charge in [-0.1, -0.05) is 46.0 Å². The summed E-state index contributed by atoms with van der Waals surface area (Å²) in [6.07, 6.45) is 6.39. The number of aliphatic carboxylic acids is 1. The van der Waals surface area contributed by atoms with E-state index in [4.69, 9.17) is 4.74 Å². The first-order valence-corrected chi connectivity index (χ1v) is 11.5. The maximum Gasteiger partial charge on any atom is 0.136 e. The lowest BCUT2D eigenvalue weighted by Crippen LogP contribution is -2.41. The number of carbonyl (C=O) groups excluding carboxylic acids is 1. The normalized spacial score (nSPS) is 15.8. The van der Waals surface area contributed by atoms with Gasteiger partial charge in [0.05, 0.1) is 5.69 Å². The molecule has 0 atom stereocenters. The highest BCUT2D eigenvalue weighted by atomic mass is 16.5. The zero-order chi connectivity index (χ0) is 23.4. The zero-order valence-electron chi connectivity index (χ0n) is 19.9. The maximum atomic E-state index is 10.7. The number of carboxylic acids is 1. The molecule has 5 nitrogen and oxygen atoms in total. The maximum absolute atomic E-state index is 10.7. The van der Waals surface area contributed by atoms with Gasteiger partial charge in [-0.25, -0.2) is 0 Å². The number of nitrogens with zero attached hydrogens (tertiary/aromatic N) is 2. The predicted octanol–water partition coefficient (Wildman–Crippen LogP) is 4.13. The minimum atomic E-state index is -1.17. The largest absolute Gasteiger partial charge is 0.550 e. The third-order valence-electron chi connectivity index (χ3n) is 5.86. The lowest BCUT2D eigenvalue weighted by Gasteiger charge is -2.42. The molecule has 0 radical (unpaired) electrons. The van der Waals surface area contributed by atoms with Crippen molar-refractivity contribution in [2.45, 2.75) is 90.6 Å². The van der Waals surface area contributed by atoms with Crippen LogP contribution < -0.4 is 9.84 Å². The topological polar surface area (TPSA) is 75.1 Å². The van der Waals surface area contributed by atoms with Gasteiger partial charge in [-0.2, -0.15) is 5.10 Å². The number of fused-ring (bicyclic) bond motifs is 1. The summed E-state index contributed by atoms with van der Waals surface area (Å²) in [6, 6.07) is 7.70. The first-order chi connectivity index (χ1) is 15.1. The number of rotatable bonds is 7. The number of carboxylic acid groups (broad SMARTS) is 1. The van der Waals surface area contributed by atoms with Crippen LogP contribution in [0, 0.1) is 11.8 Å². The van der Waals surface area contributed by atoms with Crippen molar-refractivity contribution >= 4 is 5.97 Å². The van der Waals surface area contributed by atoms with Crippen LogP contribution in [0.15, 0.2) is 24.3 Å². The molecule has 2 aromatic rings. The Labute approximate surface area is 191 Å². The Morgan fingerprint density at radius 3 is 2.53 bits per heavy atom. The lowest BCUT2D eigenvalue weighted by atomic mass is 9.73. The molecule has 0 bridgehead atoms. The second-order valence-electron chi connectivity index (χ2n) is 9.95. The van der Waals surface area contributed by atoms with Gasteiger partial charge in [0.2, 0.25) is 0 Å². The fourth-order valence-corrected chi connectivity index (χ4v) is 4.59. The standard InChI is InChI=1S/C27H34N2O3/c1-6-7-8-9-10-19-16-24-23(26(2,3)18-27(4,5)32-24)15-20(19)11-12-21-13-14-22(29-28-21)17-25(30)31/h13-16H,6-10,17-18H2,1-5H3,(H,30,31)/p-1. The van der Waals surface area contributed by atoms with Crippen molar-refractivity contribution in [1.29, 1.82) is 0 Å². The molecule has 0 fully saturated rings. The van der Waals surface area contributed by atoms with E-state index >= 15 is 0 Å². The Balaban J connectivity index is 1.95. The second-order valence-corrected chi connectivity index (χ2v) is 9.95. The smallest absolute Gasteiger partial charge is 0.136 e. The van der Waals surface area contributed by atoms with Crippen LogP contribution in [0.5, 0.6) is 5.75 Å². The summed E-state index contributed by atoms with van der Waals surface area (Å²) in [4.78, 5) is 10.7. The van der Waals surface area contributed by atoms with E-state index in [9.17, 15) is 9.90 Å². The Morgan fingerprint density at radius 2 is 1.88 bits per heavy atom. The molecule has 0 saturated heterocycles. The molecule has 1 aliphatic rings. The Hall–Kier alpha value is -2.87. The van der Waals surface area contributed by atoms with Crippen LogP contribution in [-0.2, 0) is 23.1 Å². The summed E-state index contributed by atoms with van der Waals surface area (Å²) in [5.41, 5.74) is 4.04. The van der Waals surface area contributed by atoms with E-state index in [2.05, 4.69) is 68.8 Å². The fraction of sp³-hybridized carbons (Fsp3) is 0.519. The number of benzene rings is 1. The second kappa shape index (κ2) is 9.73. The van der Waals surface area contributed by atoms with E-state index in [1.165, 1.54) is 30.4 Å². The quantitative estimate of drug-likeness (QED) is 0.485. The average molecular weight is 434 g/mol. The molecule has 1 aromatic heterocycles. The number of unbranched alkanes of at least 4 members (excludes halogenated alkanes) is 3.